The van der Waals surface area contributed by atoms with Crippen LogP contribution < -0.4 is 15.2 Å². The van der Waals surface area contributed by atoms with Gasteiger partial charge in [-0.3, -0.25) is 0 Å². The molecular formula is C15H19N3O2. The maximum atomic E-state index is 5.86. The van der Waals surface area contributed by atoms with Crippen LogP contribution in [0.2, 0.25) is 0 Å². The molecule has 0 saturated heterocycles. The maximum absolute atomic E-state index is 5.86. The lowest BCUT2D eigenvalue weighted by Gasteiger charge is -2.11. The summed E-state index contributed by atoms with van der Waals surface area (Å²) in [4.78, 5) is 8.57. The van der Waals surface area contributed by atoms with Crippen LogP contribution in [0, 0.1) is 6.92 Å². The highest BCUT2D eigenvalue weighted by Gasteiger charge is 2.09. The molecule has 0 fully saturated rings. The Morgan fingerprint density at radius 1 is 1.25 bits per heavy atom. The van der Waals surface area contributed by atoms with E-state index in [9.17, 15) is 0 Å². The van der Waals surface area contributed by atoms with Crippen molar-refractivity contribution in [3.8, 4) is 11.6 Å². The van der Waals surface area contributed by atoms with E-state index in [1.165, 1.54) is 0 Å². The number of hydrogen-bond donors (Lipinski definition) is 1. The van der Waals surface area contributed by atoms with Gasteiger partial charge in [0.2, 0.25) is 5.88 Å². The van der Waals surface area contributed by atoms with Gasteiger partial charge < -0.3 is 15.2 Å². The van der Waals surface area contributed by atoms with E-state index < -0.39 is 0 Å². The first-order valence-corrected chi connectivity index (χ1v) is 6.52. The van der Waals surface area contributed by atoms with Gasteiger partial charge in [0.05, 0.1) is 12.7 Å². The summed E-state index contributed by atoms with van der Waals surface area (Å²) in [6.45, 7) is 4.25. The van der Waals surface area contributed by atoms with Crippen molar-refractivity contribution in [3.63, 3.8) is 0 Å². The highest BCUT2D eigenvalue weighted by molar-refractivity contribution is 5.44. The minimum atomic E-state index is 0.414. The quantitative estimate of drug-likeness (QED) is 0.906. The molecular weight excluding hydrogens is 254 g/mol. The van der Waals surface area contributed by atoms with E-state index in [1.54, 1.807) is 7.11 Å². The van der Waals surface area contributed by atoms with Gasteiger partial charge in [-0.05, 0) is 24.6 Å². The van der Waals surface area contributed by atoms with Crippen LogP contribution in [0.5, 0.6) is 11.6 Å². The predicted octanol–water partition coefficient (Wildman–Crippen LogP) is 2.52. The minimum absolute atomic E-state index is 0.414. The minimum Gasteiger partial charge on any atom is -0.497 e. The largest absolute Gasteiger partial charge is 0.497 e. The van der Waals surface area contributed by atoms with Crippen molar-refractivity contribution in [2.24, 2.45) is 0 Å². The van der Waals surface area contributed by atoms with E-state index in [-0.39, 0.29) is 0 Å². The Balaban J connectivity index is 2.15. The van der Waals surface area contributed by atoms with E-state index in [2.05, 4.69) is 9.97 Å². The second-order valence-corrected chi connectivity index (χ2v) is 4.45. The summed E-state index contributed by atoms with van der Waals surface area (Å²) in [5, 5.41) is 0. The molecule has 0 unspecified atom stereocenters. The molecule has 1 aromatic carbocycles. The van der Waals surface area contributed by atoms with E-state index >= 15 is 0 Å². The number of nitrogen functional groups attached to an aromatic ring is 1. The fourth-order valence-electron chi connectivity index (χ4n) is 1.77. The Hall–Kier alpha value is -2.30. The van der Waals surface area contributed by atoms with Crippen LogP contribution in [0.4, 0.5) is 5.82 Å². The topological polar surface area (TPSA) is 70.3 Å². The van der Waals surface area contributed by atoms with Gasteiger partial charge in [0, 0.05) is 6.42 Å². The summed E-state index contributed by atoms with van der Waals surface area (Å²) in [7, 11) is 1.64. The Kier molecular flexibility index (Phi) is 4.40. The second-order valence-electron chi connectivity index (χ2n) is 4.45. The molecule has 0 spiro atoms. The van der Waals surface area contributed by atoms with Gasteiger partial charge in [-0.15, -0.1) is 0 Å². The van der Waals surface area contributed by atoms with Crippen molar-refractivity contribution in [3.05, 3.63) is 41.2 Å². The van der Waals surface area contributed by atoms with E-state index in [0.717, 1.165) is 23.3 Å². The number of nitrogens with two attached hydrogens (primary N) is 1. The number of aromatic nitrogens is 2. The van der Waals surface area contributed by atoms with Gasteiger partial charge in [-0.1, -0.05) is 19.1 Å². The number of rotatable bonds is 5. The molecule has 5 nitrogen and oxygen atoms in total. The third-order valence-electron chi connectivity index (χ3n) is 3.01. The second kappa shape index (κ2) is 6.23. The number of anilines is 1. The average Bonchev–Trinajstić information content (AvgIpc) is 2.48. The highest BCUT2D eigenvalue weighted by Crippen LogP contribution is 2.21. The molecule has 0 radical (unpaired) electrons. The van der Waals surface area contributed by atoms with Gasteiger partial charge >= 0.3 is 0 Å². The lowest BCUT2D eigenvalue weighted by molar-refractivity contribution is 0.289. The van der Waals surface area contributed by atoms with Crippen LogP contribution in [0.1, 0.15) is 23.9 Å². The molecule has 2 rings (SSSR count). The SMILES string of the molecule is CCc1nc(N)c(C)c(OCc2cccc(OC)c2)n1. The first kappa shape index (κ1) is 14.1. The van der Waals surface area contributed by atoms with Crippen LogP contribution in [0.25, 0.3) is 0 Å². The zero-order chi connectivity index (χ0) is 14.5. The molecule has 1 aromatic heterocycles. The van der Waals surface area contributed by atoms with Gasteiger partial charge in [-0.2, -0.15) is 4.98 Å². The predicted molar refractivity (Wildman–Crippen MR) is 77.9 cm³/mol. The highest BCUT2D eigenvalue weighted by atomic mass is 16.5. The summed E-state index contributed by atoms with van der Waals surface area (Å²) in [5.74, 6) is 2.50. The van der Waals surface area contributed by atoms with Crippen molar-refractivity contribution in [1.82, 2.24) is 9.97 Å². The Morgan fingerprint density at radius 2 is 2.05 bits per heavy atom. The molecule has 5 heteroatoms. The van der Waals surface area contributed by atoms with Crippen LogP contribution in [-0.4, -0.2) is 17.1 Å². The van der Waals surface area contributed by atoms with Crippen LogP contribution >= 0.6 is 0 Å². The van der Waals surface area contributed by atoms with Crippen molar-refractivity contribution in [2.45, 2.75) is 26.9 Å². The van der Waals surface area contributed by atoms with Crippen molar-refractivity contribution < 1.29 is 9.47 Å². The first-order valence-electron chi connectivity index (χ1n) is 6.52. The third-order valence-corrected chi connectivity index (χ3v) is 3.01. The van der Waals surface area contributed by atoms with Crippen LogP contribution in [-0.2, 0) is 13.0 Å². The maximum Gasteiger partial charge on any atom is 0.222 e. The van der Waals surface area contributed by atoms with Gasteiger partial charge in [-0.25, -0.2) is 4.98 Å². The monoisotopic (exact) mass is 273 g/mol. The number of nitrogens with zero attached hydrogens (tertiary/aromatic N) is 2. The molecule has 2 aromatic rings. The standard InChI is InChI=1S/C15H19N3O2/c1-4-13-17-14(16)10(2)15(18-13)20-9-11-6-5-7-12(8-11)19-3/h5-8H,4,9H2,1-3H3,(H2,16,17,18). The van der Waals surface area contributed by atoms with E-state index in [0.29, 0.717) is 24.1 Å². The van der Waals surface area contributed by atoms with Gasteiger partial charge in [0.25, 0.3) is 0 Å². The number of hydrogen-bond acceptors (Lipinski definition) is 5. The van der Waals surface area contributed by atoms with E-state index in [4.69, 9.17) is 15.2 Å². The summed E-state index contributed by atoms with van der Waals surface area (Å²) in [5.41, 5.74) is 7.64. The zero-order valence-electron chi connectivity index (χ0n) is 12.0. The number of aryl methyl sites for hydroxylation is 1. The van der Waals surface area contributed by atoms with E-state index in [1.807, 2.05) is 38.1 Å². The lowest BCUT2D eigenvalue weighted by Crippen LogP contribution is -2.06. The summed E-state index contributed by atoms with van der Waals surface area (Å²) < 4.78 is 10.9. The fourth-order valence-corrected chi connectivity index (χ4v) is 1.77. The molecule has 0 aliphatic heterocycles. The normalized spacial score (nSPS) is 10.3. The number of benzene rings is 1. The number of ether oxygens (including phenoxy) is 2. The van der Waals surface area contributed by atoms with Crippen molar-refractivity contribution in [1.29, 1.82) is 0 Å². The zero-order valence-corrected chi connectivity index (χ0v) is 12.0. The summed E-state index contributed by atoms with van der Waals surface area (Å²) in [6.07, 6.45) is 0.722. The van der Waals surface area contributed by atoms with Crippen LogP contribution in [0.15, 0.2) is 24.3 Å². The molecule has 0 amide bonds. The Labute approximate surface area is 118 Å². The molecule has 0 saturated carbocycles. The molecule has 20 heavy (non-hydrogen) atoms. The molecule has 106 valence electrons. The molecule has 1 heterocycles. The molecule has 0 aliphatic rings. The lowest BCUT2D eigenvalue weighted by atomic mass is 10.2. The van der Waals surface area contributed by atoms with Crippen molar-refractivity contribution in [2.75, 3.05) is 12.8 Å². The summed E-state index contributed by atoms with van der Waals surface area (Å²) in [6, 6.07) is 7.73. The van der Waals surface area contributed by atoms with Gasteiger partial charge in [0.15, 0.2) is 0 Å². The molecule has 0 aliphatic carbocycles. The average molecular weight is 273 g/mol. The van der Waals surface area contributed by atoms with Gasteiger partial charge in [0.1, 0.15) is 24.0 Å². The first-order chi connectivity index (χ1) is 9.63. The molecule has 0 bridgehead atoms. The molecule has 0 atom stereocenters. The smallest absolute Gasteiger partial charge is 0.222 e. The Morgan fingerprint density at radius 3 is 2.75 bits per heavy atom. The summed E-state index contributed by atoms with van der Waals surface area (Å²) >= 11 is 0. The Bertz CT molecular complexity index is 600. The molecule has 2 N–H and O–H groups in total. The fraction of sp³-hybridized carbons (Fsp3) is 0.333. The van der Waals surface area contributed by atoms with Crippen molar-refractivity contribution >= 4 is 5.82 Å². The number of methoxy groups -OCH3 is 1. The van der Waals surface area contributed by atoms with Crippen LogP contribution in [0.3, 0.4) is 0 Å². The third kappa shape index (κ3) is 3.17.